The van der Waals surface area contributed by atoms with Crippen LogP contribution in [0.1, 0.15) is 0 Å². The number of hydrogen-bond acceptors (Lipinski definition) is 4. The van der Waals surface area contributed by atoms with E-state index < -0.39 is 0 Å². The van der Waals surface area contributed by atoms with Gasteiger partial charge in [-0.15, -0.1) is 0 Å². The third-order valence-electron chi connectivity index (χ3n) is 2.06. The first kappa shape index (κ1) is 8.87. The molecule has 0 fully saturated rings. The number of benzene rings is 1. The summed E-state index contributed by atoms with van der Waals surface area (Å²) in [5.74, 6) is 0.841. The number of para-hydroxylation sites is 2. The van der Waals surface area contributed by atoms with Gasteiger partial charge in [0.2, 0.25) is 0 Å². The highest BCUT2D eigenvalue weighted by Gasteiger charge is 2.07. The van der Waals surface area contributed by atoms with E-state index in [1.807, 2.05) is 29.3 Å². The molecule has 0 bridgehead atoms. The first-order valence-electron chi connectivity index (χ1n) is 4.56. The molecule has 0 unspecified atom stereocenters. The first-order chi connectivity index (χ1) is 6.90. The van der Waals surface area contributed by atoms with Crippen LogP contribution in [0.15, 0.2) is 29.3 Å². The lowest BCUT2D eigenvalue weighted by atomic mass is 10.3. The second-order valence-corrected chi connectivity index (χ2v) is 3.03. The van der Waals surface area contributed by atoms with E-state index in [2.05, 4.69) is 10.4 Å². The van der Waals surface area contributed by atoms with Crippen LogP contribution in [0.4, 0.5) is 5.69 Å². The van der Waals surface area contributed by atoms with E-state index >= 15 is 0 Å². The Kier molecular flexibility index (Phi) is 2.53. The number of aliphatic imine (C=N–C) groups is 1. The molecule has 2 rings (SSSR count). The number of nitrogens with one attached hydrogen (secondary N) is 1. The van der Waals surface area contributed by atoms with Crippen molar-refractivity contribution in [2.24, 2.45) is 4.99 Å². The van der Waals surface area contributed by atoms with Gasteiger partial charge < -0.3 is 4.74 Å². The van der Waals surface area contributed by atoms with Crippen LogP contribution >= 0.6 is 0 Å². The SMILES string of the molecule is COc1ccccc1NN1C=NCC1. The van der Waals surface area contributed by atoms with Crippen LogP contribution in [0.25, 0.3) is 0 Å². The minimum atomic E-state index is 0.841. The van der Waals surface area contributed by atoms with Crippen molar-refractivity contribution in [1.29, 1.82) is 0 Å². The molecule has 0 aromatic heterocycles. The van der Waals surface area contributed by atoms with Gasteiger partial charge in [-0.2, -0.15) is 0 Å². The Morgan fingerprint density at radius 3 is 3.00 bits per heavy atom. The fraction of sp³-hybridized carbons (Fsp3) is 0.300. The van der Waals surface area contributed by atoms with Crippen LogP contribution in [0.2, 0.25) is 0 Å². The minimum Gasteiger partial charge on any atom is -0.495 e. The summed E-state index contributed by atoms with van der Waals surface area (Å²) in [7, 11) is 1.67. The standard InChI is InChI=1S/C10H13N3O/c1-14-10-5-3-2-4-9(10)12-13-7-6-11-8-13/h2-5,8,12H,6-7H2,1H3. The maximum Gasteiger partial charge on any atom is 0.143 e. The van der Waals surface area contributed by atoms with Crippen molar-refractivity contribution in [3.05, 3.63) is 24.3 Å². The van der Waals surface area contributed by atoms with Gasteiger partial charge in [-0.1, -0.05) is 12.1 Å². The Morgan fingerprint density at radius 2 is 2.29 bits per heavy atom. The van der Waals surface area contributed by atoms with Gasteiger partial charge in [0.05, 0.1) is 25.9 Å². The van der Waals surface area contributed by atoms with Crippen LogP contribution in [-0.2, 0) is 0 Å². The Morgan fingerprint density at radius 1 is 1.43 bits per heavy atom. The summed E-state index contributed by atoms with van der Waals surface area (Å²) in [5.41, 5.74) is 4.18. The molecule has 1 heterocycles. The average Bonchev–Trinajstić information content (AvgIpc) is 2.71. The predicted octanol–water partition coefficient (Wildman–Crippen LogP) is 1.37. The van der Waals surface area contributed by atoms with Crippen molar-refractivity contribution in [3.63, 3.8) is 0 Å². The highest BCUT2D eigenvalue weighted by molar-refractivity contribution is 5.63. The molecule has 0 radical (unpaired) electrons. The molecule has 4 nitrogen and oxygen atoms in total. The molecule has 0 aliphatic carbocycles. The predicted molar refractivity (Wildman–Crippen MR) is 56.7 cm³/mol. The van der Waals surface area contributed by atoms with Crippen molar-refractivity contribution >= 4 is 12.0 Å². The van der Waals surface area contributed by atoms with E-state index in [4.69, 9.17) is 4.74 Å². The summed E-state index contributed by atoms with van der Waals surface area (Å²) in [6.45, 7) is 1.75. The van der Waals surface area contributed by atoms with Gasteiger partial charge in [0.15, 0.2) is 0 Å². The zero-order valence-corrected chi connectivity index (χ0v) is 8.10. The molecule has 1 aromatic rings. The lowest BCUT2D eigenvalue weighted by Crippen LogP contribution is -2.26. The molecule has 1 aliphatic rings. The molecule has 0 amide bonds. The summed E-state index contributed by atoms with van der Waals surface area (Å²) >= 11 is 0. The van der Waals surface area contributed by atoms with Crippen molar-refractivity contribution in [3.8, 4) is 5.75 Å². The van der Waals surface area contributed by atoms with Crippen LogP contribution < -0.4 is 10.2 Å². The number of rotatable bonds is 3. The molecule has 0 atom stereocenters. The van der Waals surface area contributed by atoms with Gasteiger partial charge in [-0.3, -0.25) is 15.4 Å². The minimum absolute atomic E-state index is 0.841. The molecule has 1 N–H and O–H groups in total. The normalized spacial score (nSPS) is 14.5. The van der Waals surface area contributed by atoms with Crippen molar-refractivity contribution in [2.75, 3.05) is 25.6 Å². The van der Waals surface area contributed by atoms with Gasteiger partial charge in [0.25, 0.3) is 0 Å². The fourth-order valence-electron chi connectivity index (χ4n) is 1.36. The molecule has 0 saturated heterocycles. The fourth-order valence-corrected chi connectivity index (χ4v) is 1.36. The van der Waals surface area contributed by atoms with Gasteiger partial charge in [-0.05, 0) is 12.1 Å². The van der Waals surface area contributed by atoms with E-state index in [-0.39, 0.29) is 0 Å². The molecular formula is C10H13N3O. The molecule has 74 valence electrons. The zero-order chi connectivity index (χ0) is 9.80. The Balaban J connectivity index is 2.11. The monoisotopic (exact) mass is 191 g/mol. The number of anilines is 1. The van der Waals surface area contributed by atoms with E-state index in [1.165, 1.54) is 0 Å². The molecule has 0 spiro atoms. The second kappa shape index (κ2) is 4.00. The van der Waals surface area contributed by atoms with Crippen molar-refractivity contribution in [2.45, 2.75) is 0 Å². The van der Waals surface area contributed by atoms with Crippen molar-refractivity contribution < 1.29 is 4.74 Å². The highest BCUT2D eigenvalue weighted by atomic mass is 16.5. The zero-order valence-electron chi connectivity index (χ0n) is 8.10. The summed E-state index contributed by atoms with van der Waals surface area (Å²) in [6, 6.07) is 7.82. The van der Waals surface area contributed by atoms with Crippen LogP contribution in [0.5, 0.6) is 5.75 Å². The molecule has 4 heteroatoms. The maximum absolute atomic E-state index is 5.22. The number of ether oxygens (including phenoxy) is 1. The van der Waals surface area contributed by atoms with Gasteiger partial charge >= 0.3 is 0 Å². The summed E-state index contributed by atoms with van der Waals surface area (Å²) < 4.78 is 5.22. The number of hydrazine groups is 1. The molecule has 1 aliphatic heterocycles. The smallest absolute Gasteiger partial charge is 0.143 e. The molecule has 14 heavy (non-hydrogen) atoms. The quantitative estimate of drug-likeness (QED) is 0.784. The van der Waals surface area contributed by atoms with E-state index in [1.54, 1.807) is 13.4 Å². The third-order valence-corrected chi connectivity index (χ3v) is 2.06. The van der Waals surface area contributed by atoms with E-state index in [0.29, 0.717) is 0 Å². The van der Waals surface area contributed by atoms with Crippen LogP contribution in [-0.4, -0.2) is 31.5 Å². The molecule has 1 aromatic carbocycles. The van der Waals surface area contributed by atoms with Gasteiger partial charge in [0, 0.05) is 0 Å². The Bertz CT molecular complexity index is 338. The second-order valence-electron chi connectivity index (χ2n) is 3.03. The lowest BCUT2D eigenvalue weighted by molar-refractivity contribution is 0.413. The molecular weight excluding hydrogens is 178 g/mol. The highest BCUT2D eigenvalue weighted by Crippen LogP contribution is 2.23. The van der Waals surface area contributed by atoms with Crippen molar-refractivity contribution in [1.82, 2.24) is 5.01 Å². The Hall–Kier alpha value is -1.71. The van der Waals surface area contributed by atoms with E-state index in [0.717, 1.165) is 24.5 Å². The van der Waals surface area contributed by atoms with Crippen LogP contribution in [0.3, 0.4) is 0 Å². The van der Waals surface area contributed by atoms with E-state index in [9.17, 15) is 0 Å². The van der Waals surface area contributed by atoms with Gasteiger partial charge in [0.1, 0.15) is 12.1 Å². The van der Waals surface area contributed by atoms with Gasteiger partial charge in [-0.25, -0.2) is 0 Å². The Labute approximate surface area is 83.2 Å². The third kappa shape index (κ3) is 1.79. The summed E-state index contributed by atoms with van der Waals surface area (Å²) in [4.78, 5) is 4.11. The average molecular weight is 191 g/mol. The largest absolute Gasteiger partial charge is 0.495 e. The number of nitrogens with zero attached hydrogens (tertiary/aromatic N) is 2. The maximum atomic E-state index is 5.22. The summed E-state index contributed by atoms with van der Waals surface area (Å²) in [6.07, 6.45) is 1.80. The molecule has 0 saturated carbocycles. The first-order valence-corrected chi connectivity index (χ1v) is 4.56. The number of methoxy groups -OCH3 is 1. The summed E-state index contributed by atoms with van der Waals surface area (Å²) in [5, 5.41) is 1.94. The van der Waals surface area contributed by atoms with Crippen LogP contribution in [0, 0.1) is 0 Å². The lowest BCUT2D eigenvalue weighted by Gasteiger charge is -2.18. The number of hydrogen-bond donors (Lipinski definition) is 1. The topological polar surface area (TPSA) is 36.9 Å².